The molecule has 0 aliphatic rings. The predicted molar refractivity (Wildman–Crippen MR) is 111 cm³/mol. The van der Waals surface area contributed by atoms with Gasteiger partial charge in [0.15, 0.2) is 0 Å². The lowest BCUT2D eigenvalue weighted by Crippen LogP contribution is -1.90. The van der Waals surface area contributed by atoms with Gasteiger partial charge in [-0.25, -0.2) is 4.98 Å². The number of benzene rings is 3. The highest BCUT2D eigenvalue weighted by atomic mass is 32.1. The summed E-state index contributed by atoms with van der Waals surface area (Å²) in [6.45, 7) is 2.07. The Morgan fingerprint density at radius 2 is 1.69 bits per heavy atom. The Morgan fingerprint density at radius 1 is 0.885 bits per heavy atom. The minimum atomic E-state index is 0.923. The van der Waals surface area contributed by atoms with Crippen molar-refractivity contribution in [3.05, 3.63) is 89.1 Å². The van der Waals surface area contributed by atoms with Crippen LogP contribution in [0.1, 0.15) is 16.8 Å². The van der Waals surface area contributed by atoms with E-state index >= 15 is 0 Å². The number of hydrogen-bond acceptors (Lipinski definition) is 2. The van der Waals surface area contributed by atoms with Crippen molar-refractivity contribution in [3.63, 3.8) is 0 Å². The van der Waals surface area contributed by atoms with Gasteiger partial charge in [-0.15, -0.1) is 11.3 Å². The maximum Gasteiger partial charge on any atom is 0.0801 e. The molecule has 5 rings (SSSR count). The van der Waals surface area contributed by atoms with Gasteiger partial charge in [-0.2, -0.15) is 0 Å². The second kappa shape index (κ2) is 6.11. The van der Waals surface area contributed by atoms with Gasteiger partial charge in [-0.05, 0) is 36.1 Å². The quantitative estimate of drug-likeness (QED) is 0.402. The Hall–Kier alpha value is -2.91. The third-order valence-electron chi connectivity index (χ3n) is 4.98. The molecule has 2 heterocycles. The molecule has 0 aliphatic carbocycles. The number of thiazole rings is 1. The largest absolute Gasteiger partial charge is 0.354 e. The Labute approximate surface area is 156 Å². The van der Waals surface area contributed by atoms with Crippen molar-refractivity contribution in [2.24, 2.45) is 0 Å². The van der Waals surface area contributed by atoms with Crippen LogP contribution in [-0.2, 0) is 6.42 Å². The third kappa shape index (κ3) is 2.52. The van der Waals surface area contributed by atoms with Crippen LogP contribution in [0, 0.1) is 6.92 Å². The molecule has 2 aromatic heterocycles. The summed E-state index contributed by atoms with van der Waals surface area (Å²) in [7, 11) is 0. The van der Waals surface area contributed by atoms with Crippen molar-refractivity contribution in [2.75, 3.05) is 0 Å². The van der Waals surface area contributed by atoms with E-state index in [-0.39, 0.29) is 0 Å². The lowest BCUT2D eigenvalue weighted by Gasteiger charge is -2.06. The van der Waals surface area contributed by atoms with Gasteiger partial charge in [0.05, 0.1) is 21.6 Å². The molecule has 26 heavy (non-hydrogen) atoms. The molecule has 0 aliphatic heterocycles. The molecule has 0 spiro atoms. The summed E-state index contributed by atoms with van der Waals surface area (Å²) in [5.41, 5.74) is 9.36. The number of nitrogens with one attached hydrogen (secondary N) is 1. The molecule has 5 aromatic rings. The first kappa shape index (κ1) is 15.4. The SMILES string of the molecule is Cc1ncsc1-c1ccc(Cc2cccc3c2[nH]c2ccccc23)cc1. The first-order valence-electron chi connectivity index (χ1n) is 8.77. The molecular weight excluding hydrogens is 336 g/mol. The van der Waals surface area contributed by atoms with E-state index in [1.54, 1.807) is 11.3 Å². The second-order valence-electron chi connectivity index (χ2n) is 6.65. The summed E-state index contributed by atoms with van der Waals surface area (Å²) < 4.78 is 0. The minimum absolute atomic E-state index is 0.923. The first-order valence-corrected chi connectivity index (χ1v) is 9.65. The first-order chi connectivity index (χ1) is 12.8. The summed E-state index contributed by atoms with van der Waals surface area (Å²) in [6, 6.07) is 24.0. The predicted octanol–water partition coefficient (Wildman–Crippen LogP) is 6.34. The van der Waals surface area contributed by atoms with Crippen LogP contribution in [0.25, 0.3) is 32.2 Å². The molecular formula is C23H18N2S. The van der Waals surface area contributed by atoms with Crippen LogP contribution < -0.4 is 0 Å². The minimum Gasteiger partial charge on any atom is -0.354 e. The highest BCUT2D eigenvalue weighted by molar-refractivity contribution is 7.13. The van der Waals surface area contributed by atoms with Crippen LogP contribution >= 0.6 is 11.3 Å². The molecule has 0 saturated carbocycles. The topological polar surface area (TPSA) is 28.7 Å². The van der Waals surface area contributed by atoms with E-state index in [1.165, 1.54) is 43.4 Å². The molecule has 1 N–H and O–H groups in total. The van der Waals surface area contributed by atoms with E-state index in [9.17, 15) is 0 Å². The van der Waals surface area contributed by atoms with Crippen molar-refractivity contribution >= 4 is 33.1 Å². The van der Waals surface area contributed by atoms with Crippen LogP contribution in [-0.4, -0.2) is 9.97 Å². The smallest absolute Gasteiger partial charge is 0.0801 e. The summed E-state index contributed by atoms with van der Waals surface area (Å²) in [5, 5.41) is 2.59. The van der Waals surface area contributed by atoms with Crippen LogP contribution in [0.4, 0.5) is 0 Å². The third-order valence-corrected chi connectivity index (χ3v) is 5.96. The zero-order chi connectivity index (χ0) is 17.5. The molecule has 0 bridgehead atoms. The summed E-state index contributed by atoms with van der Waals surface area (Å²) in [5.74, 6) is 0. The Balaban J connectivity index is 1.52. The zero-order valence-electron chi connectivity index (χ0n) is 14.5. The van der Waals surface area contributed by atoms with E-state index in [2.05, 4.69) is 83.6 Å². The van der Waals surface area contributed by atoms with Crippen LogP contribution in [0.5, 0.6) is 0 Å². The molecule has 3 aromatic carbocycles. The van der Waals surface area contributed by atoms with Crippen LogP contribution in [0.15, 0.2) is 72.2 Å². The fourth-order valence-electron chi connectivity index (χ4n) is 3.65. The maximum atomic E-state index is 4.35. The highest BCUT2D eigenvalue weighted by Crippen LogP contribution is 2.30. The summed E-state index contributed by atoms with van der Waals surface area (Å²) >= 11 is 1.70. The maximum absolute atomic E-state index is 4.35. The standard InChI is InChI=1S/C23H18N2S/c1-15-23(26-14-24-15)17-11-9-16(10-12-17)13-18-5-4-7-20-19-6-2-3-8-21(19)25-22(18)20/h2-12,14,25H,13H2,1H3. The fraction of sp³-hybridized carbons (Fsp3) is 0.0870. The zero-order valence-corrected chi connectivity index (χ0v) is 15.3. The lowest BCUT2D eigenvalue weighted by molar-refractivity contribution is 1.20. The van der Waals surface area contributed by atoms with Gasteiger partial charge in [0.2, 0.25) is 0 Å². The number of nitrogens with zero attached hydrogens (tertiary/aromatic N) is 1. The van der Waals surface area contributed by atoms with Crippen LogP contribution in [0.3, 0.4) is 0 Å². The van der Waals surface area contributed by atoms with Crippen molar-refractivity contribution in [1.82, 2.24) is 9.97 Å². The molecule has 126 valence electrons. The fourth-order valence-corrected chi connectivity index (χ4v) is 4.47. The molecule has 0 radical (unpaired) electrons. The van der Waals surface area contributed by atoms with Crippen molar-refractivity contribution < 1.29 is 0 Å². The normalized spacial score (nSPS) is 11.4. The van der Waals surface area contributed by atoms with E-state index in [4.69, 9.17) is 0 Å². The monoisotopic (exact) mass is 354 g/mol. The molecule has 0 fully saturated rings. The van der Waals surface area contributed by atoms with E-state index in [1.807, 2.05) is 5.51 Å². The van der Waals surface area contributed by atoms with Gasteiger partial charge in [0, 0.05) is 16.3 Å². The number of aryl methyl sites for hydroxylation is 1. The van der Waals surface area contributed by atoms with Crippen LogP contribution in [0.2, 0.25) is 0 Å². The van der Waals surface area contributed by atoms with Gasteiger partial charge >= 0.3 is 0 Å². The molecule has 0 unspecified atom stereocenters. The van der Waals surface area contributed by atoms with Gasteiger partial charge < -0.3 is 4.98 Å². The Morgan fingerprint density at radius 3 is 2.50 bits per heavy atom. The van der Waals surface area contributed by atoms with Crippen molar-refractivity contribution in [1.29, 1.82) is 0 Å². The summed E-state index contributed by atoms with van der Waals surface area (Å²) in [6.07, 6.45) is 0.923. The lowest BCUT2D eigenvalue weighted by atomic mass is 10.0. The Bertz CT molecular complexity index is 1210. The average molecular weight is 354 g/mol. The average Bonchev–Trinajstić information content (AvgIpc) is 3.27. The number of aromatic nitrogens is 2. The molecule has 0 amide bonds. The molecule has 0 saturated heterocycles. The van der Waals surface area contributed by atoms with Gasteiger partial charge in [-0.3, -0.25) is 0 Å². The highest BCUT2D eigenvalue weighted by Gasteiger charge is 2.09. The van der Waals surface area contributed by atoms with Crippen molar-refractivity contribution in [2.45, 2.75) is 13.3 Å². The molecule has 3 heteroatoms. The number of hydrogen-bond donors (Lipinski definition) is 1. The van der Waals surface area contributed by atoms with Crippen molar-refractivity contribution in [3.8, 4) is 10.4 Å². The number of fused-ring (bicyclic) bond motifs is 3. The second-order valence-corrected chi connectivity index (χ2v) is 7.51. The van der Waals surface area contributed by atoms with E-state index in [0.29, 0.717) is 0 Å². The number of para-hydroxylation sites is 2. The molecule has 0 atom stereocenters. The Kier molecular flexibility index (Phi) is 3.61. The van der Waals surface area contributed by atoms with Gasteiger partial charge in [-0.1, -0.05) is 60.7 Å². The number of aromatic amines is 1. The van der Waals surface area contributed by atoms with Gasteiger partial charge in [0.1, 0.15) is 0 Å². The van der Waals surface area contributed by atoms with E-state index < -0.39 is 0 Å². The number of rotatable bonds is 3. The number of H-pyrrole nitrogens is 1. The molecule has 2 nitrogen and oxygen atoms in total. The van der Waals surface area contributed by atoms with Gasteiger partial charge in [0.25, 0.3) is 0 Å². The van der Waals surface area contributed by atoms with E-state index in [0.717, 1.165) is 12.1 Å². The summed E-state index contributed by atoms with van der Waals surface area (Å²) in [4.78, 5) is 9.21.